The highest BCUT2D eigenvalue weighted by atomic mass is 35.5. The van der Waals surface area contributed by atoms with E-state index in [0.29, 0.717) is 40.0 Å². The van der Waals surface area contributed by atoms with Crippen molar-refractivity contribution < 1.29 is 14.3 Å². The van der Waals surface area contributed by atoms with Crippen LogP contribution in [0.1, 0.15) is 6.42 Å². The molecule has 1 N–H and O–H groups in total. The summed E-state index contributed by atoms with van der Waals surface area (Å²) >= 11 is 13.3. The second-order valence-corrected chi connectivity index (χ2v) is 8.73. The first-order valence-electron chi connectivity index (χ1n) is 9.11. The summed E-state index contributed by atoms with van der Waals surface area (Å²) in [6.07, 6.45) is 0.0465. The van der Waals surface area contributed by atoms with Gasteiger partial charge in [-0.05, 0) is 36.4 Å². The lowest BCUT2D eigenvalue weighted by molar-refractivity contribution is -0.128. The van der Waals surface area contributed by atoms with Gasteiger partial charge in [-0.3, -0.25) is 14.5 Å². The standard InChI is InChI=1S/C20H18Cl2N4O3S/c1-29-16-8-13(4-7-15(16)22)24-18(27)9-17-19(28)26-11-25(10-23-20(26)30-17)14-5-2-12(21)3-6-14/h2-8,17H,9-11H2,1H3,(H,24,27). The molecule has 1 unspecified atom stereocenters. The lowest BCUT2D eigenvalue weighted by Gasteiger charge is -2.32. The summed E-state index contributed by atoms with van der Waals surface area (Å²) in [6.45, 7) is 0.829. The molecule has 0 saturated carbocycles. The summed E-state index contributed by atoms with van der Waals surface area (Å²) in [5.74, 6) is 0.0797. The number of anilines is 2. The normalized spacial score (nSPS) is 18.2. The van der Waals surface area contributed by atoms with Gasteiger partial charge in [-0.1, -0.05) is 35.0 Å². The summed E-state index contributed by atoms with van der Waals surface area (Å²) in [5.41, 5.74) is 1.48. The Labute approximate surface area is 188 Å². The Balaban J connectivity index is 1.39. The molecule has 1 atom stereocenters. The van der Waals surface area contributed by atoms with Gasteiger partial charge in [0.05, 0.1) is 12.1 Å². The molecule has 4 rings (SSSR count). The highest BCUT2D eigenvalue weighted by molar-refractivity contribution is 8.15. The van der Waals surface area contributed by atoms with Crippen LogP contribution in [-0.4, -0.2) is 47.6 Å². The molecular weight excluding hydrogens is 447 g/mol. The van der Waals surface area contributed by atoms with Crippen molar-refractivity contribution in [3.8, 4) is 5.75 Å². The number of carbonyl (C=O) groups is 2. The molecule has 30 heavy (non-hydrogen) atoms. The number of halogens is 2. The summed E-state index contributed by atoms with van der Waals surface area (Å²) in [7, 11) is 1.50. The molecule has 0 aromatic heterocycles. The number of aliphatic imine (C=N–C) groups is 1. The van der Waals surface area contributed by atoms with E-state index in [1.54, 1.807) is 35.2 Å². The van der Waals surface area contributed by atoms with Crippen molar-refractivity contribution in [3.63, 3.8) is 0 Å². The Kier molecular flexibility index (Phi) is 6.08. The average Bonchev–Trinajstić information content (AvgIpc) is 3.04. The Morgan fingerprint density at radius 1 is 1.27 bits per heavy atom. The van der Waals surface area contributed by atoms with E-state index in [2.05, 4.69) is 10.3 Å². The first-order valence-corrected chi connectivity index (χ1v) is 10.7. The van der Waals surface area contributed by atoms with Crippen LogP contribution in [0, 0.1) is 0 Å². The smallest absolute Gasteiger partial charge is 0.244 e. The quantitative estimate of drug-likeness (QED) is 0.721. The van der Waals surface area contributed by atoms with Gasteiger partial charge in [0.25, 0.3) is 0 Å². The number of nitrogens with zero attached hydrogens (tertiary/aromatic N) is 3. The third kappa shape index (κ3) is 4.35. The minimum absolute atomic E-state index is 0.0465. The number of benzene rings is 2. The molecule has 1 saturated heterocycles. The molecule has 2 aromatic rings. The highest BCUT2D eigenvalue weighted by Crippen LogP contribution is 2.33. The van der Waals surface area contributed by atoms with E-state index >= 15 is 0 Å². The molecule has 0 bridgehead atoms. The first-order chi connectivity index (χ1) is 14.4. The van der Waals surface area contributed by atoms with Gasteiger partial charge in [0.1, 0.15) is 24.3 Å². The lowest BCUT2D eigenvalue weighted by Crippen LogP contribution is -2.46. The molecule has 10 heteroatoms. The summed E-state index contributed by atoms with van der Waals surface area (Å²) < 4.78 is 5.16. The van der Waals surface area contributed by atoms with E-state index in [9.17, 15) is 9.59 Å². The van der Waals surface area contributed by atoms with Crippen LogP contribution >= 0.6 is 35.0 Å². The van der Waals surface area contributed by atoms with E-state index in [1.165, 1.54) is 18.9 Å². The van der Waals surface area contributed by atoms with Crippen LogP contribution in [0.2, 0.25) is 10.0 Å². The average molecular weight is 465 g/mol. The Hall–Kier alpha value is -2.42. The fourth-order valence-electron chi connectivity index (χ4n) is 3.19. The van der Waals surface area contributed by atoms with Crippen LogP contribution < -0.4 is 15.0 Å². The second-order valence-electron chi connectivity index (χ2n) is 6.71. The molecular formula is C20H18Cl2N4O3S. The molecule has 0 radical (unpaired) electrons. The molecule has 156 valence electrons. The number of methoxy groups -OCH3 is 1. The second kappa shape index (κ2) is 8.75. The number of nitrogens with one attached hydrogen (secondary N) is 1. The van der Waals surface area contributed by atoms with Gasteiger partial charge >= 0.3 is 0 Å². The molecule has 7 nitrogen and oxygen atoms in total. The molecule has 2 amide bonds. The maximum atomic E-state index is 12.9. The van der Waals surface area contributed by atoms with Crippen molar-refractivity contribution in [2.75, 3.05) is 30.7 Å². The number of amides is 2. The fourth-order valence-corrected chi connectivity index (χ4v) is 4.63. The van der Waals surface area contributed by atoms with Crippen LogP contribution in [0.25, 0.3) is 0 Å². The van der Waals surface area contributed by atoms with E-state index in [4.69, 9.17) is 27.9 Å². The number of amidine groups is 1. The van der Waals surface area contributed by atoms with Gasteiger partial charge in [0, 0.05) is 28.9 Å². The Morgan fingerprint density at radius 2 is 2.03 bits per heavy atom. The minimum Gasteiger partial charge on any atom is -0.495 e. The molecule has 2 aromatic carbocycles. The number of carbonyl (C=O) groups excluding carboxylic acids is 2. The largest absolute Gasteiger partial charge is 0.495 e. The lowest BCUT2D eigenvalue weighted by atomic mass is 10.2. The number of ether oxygens (including phenoxy) is 1. The zero-order chi connectivity index (χ0) is 21.3. The van der Waals surface area contributed by atoms with Gasteiger partial charge in [-0.25, -0.2) is 4.99 Å². The van der Waals surface area contributed by atoms with Gasteiger partial charge in [0.2, 0.25) is 11.8 Å². The van der Waals surface area contributed by atoms with Crippen LogP contribution in [0.5, 0.6) is 5.75 Å². The first kappa shape index (κ1) is 20.8. The number of hydrogen-bond acceptors (Lipinski definition) is 6. The zero-order valence-corrected chi connectivity index (χ0v) is 18.3. The minimum atomic E-state index is -0.511. The Bertz CT molecular complexity index is 1020. The van der Waals surface area contributed by atoms with Crippen LogP contribution in [0.3, 0.4) is 0 Å². The summed E-state index contributed by atoms with van der Waals surface area (Å²) in [6, 6.07) is 12.4. The molecule has 2 heterocycles. The van der Waals surface area contributed by atoms with Gasteiger partial charge < -0.3 is 15.0 Å². The van der Waals surface area contributed by atoms with Gasteiger partial charge in [0.15, 0.2) is 5.17 Å². The van der Waals surface area contributed by atoms with Crippen LogP contribution in [0.15, 0.2) is 47.5 Å². The van der Waals surface area contributed by atoms with Crippen molar-refractivity contribution >= 4 is 63.3 Å². The van der Waals surface area contributed by atoms with Crippen molar-refractivity contribution in [2.45, 2.75) is 11.7 Å². The van der Waals surface area contributed by atoms with Crippen molar-refractivity contribution in [2.24, 2.45) is 4.99 Å². The molecule has 2 aliphatic heterocycles. The van der Waals surface area contributed by atoms with Crippen LogP contribution in [-0.2, 0) is 9.59 Å². The number of fused-ring (bicyclic) bond motifs is 1. The third-order valence-corrected chi connectivity index (χ3v) is 6.48. The highest BCUT2D eigenvalue weighted by Gasteiger charge is 2.41. The number of rotatable bonds is 5. The van der Waals surface area contributed by atoms with E-state index in [0.717, 1.165) is 5.69 Å². The van der Waals surface area contributed by atoms with Crippen molar-refractivity contribution in [1.29, 1.82) is 0 Å². The number of thioether (sulfide) groups is 1. The predicted molar refractivity (Wildman–Crippen MR) is 121 cm³/mol. The van der Waals surface area contributed by atoms with Crippen molar-refractivity contribution in [3.05, 3.63) is 52.5 Å². The summed E-state index contributed by atoms with van der Waals surface area (Å²) in [4.78, 5) is 33.5. The topological polar surface area (TPSA) is 74.2 Å². The maximum absolute atomic E-state index is 12.9. The van der Waals surface area contributed by atoms with Gasteiger partial charge in [-0.2, -0.15) is 0 Å². The van der Waals surface area contributed by atoms with Crippen LogP contribution in [0.4, 0.5) is 11.4 Å². The number of hydrogen-bond donors (Lipinski definition) is 1. The van der Waals surface area contributed by atoms with E-state index < -0.39 is 5.25 Å². The predicted octanol–water partition coefficient (Wildman–Crippen LogP) is 4.07. The summed E-state index contributed by atoms with van der Waals surface area (Å²) in [5, 5.41) is 4.03. The third-order valence-electron chi connectivity index (χ3n) is 4.71. The van der Waals surface area contributed by atoms with E-state index in [-0.39, 0.29) is 18.2 Å². The molecule has 0 aliphatic carbocycles. The fraction of sp³-hybridized carbons (Fsp3) is 0.250. The SMILES string of the molecule is COc1cc(NC(=O)CC2SC3=NCN(c4ccc(Cl)cc4)CN3C2=O)ccc1Cl. The molecule has 0 spiro atoms. The van der Waals surface area contributed by atoms with E-state index in [1.807, 2.05) is 17.0 Å². The maximum Gasteiger partial charge on any atom is 0.244 e. The molecule has 2 aliphatic rings. The Morgan fingerprint density at radius 3 is 2.77 bits per heavy atom. The molecule has 1 fully saturated rings. The monoisotopic (exact) mass is 464 g/mol. The zero-order valence-electron chi connectivity index (χ0n) is 16.0. The van der Waals surface area contributed by atoms with Gasteiger partial charge in [-0.15, -0.1) is 0 Å². The van der Waals surface area contributed by atoms with Crippen molar-refractivity contribution in [1.82, 2.24) is 4.90 Å².